The molecule has 57 heavy (non-hydrogen) atoms. The highest BCUT2D eigenvalue weighted by molar-refractivity contribution is 6.17. The van der Waals surface area contributed by atoms with Crippen LogP contribution in [0.15, 0.2) is 189 Å². The van der Waals surface area contributed by atoms with Crippen LogP contribution in [0.5, 0.6) is 0 Å². The summed E-state index contributed by atoms with van der Waals surface area (Å²) < 4.78 is 2.13. The molecule has 0 radical (unpaired) electrons. The van der Waals surface area contributed by atoms with E-state index in [1.807, 2.05) is 30.6 Å². The lowest BCUT2D eigenvalue weighted by Crippen LogP contribution is -1.93. The van der Waals surface area contributed by atoms with Crippen LogP contribution < -0.4 is 0 Å². The molecule has 5 aromatic heterocycles. The summed E-state index contributed by atoms with van der Waals surface area (Å²) in [5.74, 6) is 0. The van der Waals surface area contributed by atoms with E-state index in [0.717, 1.165) is 88.3 Å². The van der Waals surface area contributed by atoms with Crippen LogP contribution in [-0.2, 0) is 0 Å². The van der Waals surface area contributed by atoms with Gasteiger partial charge >= 0.3 is 0 Å². The first-order chi connectivity index (χ1) is 28.2. The molecule has 0 unspecified atom stereocenters. The Balaban J connectivity index is 0.947. The molecule has 0 atom stereocenters. The predicted octanol–water partition coefficient (Wildman–Crippen LogP) is 13.1. The van der Waals surface area contributed by atoms with Crippen LogP contribution in [0.3, 0.4) is 0 Å². The fourth-order valence-corrected chi connectivity index (χ4v) is 8.69. The standard InChI is InChI=1S/C52H31N5/c1-2-8-34(9-3-1)47-31-57-27-24-43-48(52(57)56-47)42-11-4-5-13-46(42)55-49(43)35-18-14-32(15-19-35)36-20-16-33-17-21-37-28-38(22-23-40(37)44(33)29-36)45-30-39-10-6-25-53-50(39)51-41(45)12-7-26-54-51/h1-31H. The number of nitrogens with zero attached hydrogens (tertiary/aromatic N) is 5. The zero-order valence-corrected chi connectivity index (χ0v) is 30.6. The average molecular weight is 726 g/mol. The predicted molar refractivity (Wildman–Crippen MR) is 235 cm³/mol. The van der Waals surface area contributed by atoms with Gasteiger partial charge in [0, 0.05) is 62.8 Å². The van der Waals surface area contributed by atoms with Crippen molar-refractivity contribution < 1.29 is 0 Å². The zero-order chi connectivity index (χ0) is 37.5. The highest BCUT2D eigenvalue weighted by atomic mass is 15.0. The Morgan fingerprint density at radius 2 is 1.14 bits per heavy atom. The molecular weight excluding hydrogens is 695 g/mol. The summed E-state index contributed by atoms with van der Waals surface area (Å²) in [6, 6.07) is 58.3. The molecule has 12 rings (SSSR count). The molecule has 0 N–H and O–H groups in total. The summed E-state index contributed by atoms with van der Waals surface area (Å²) in [5.41, 5.74) is 12.5. The van der Waals surface area contributed by atoms with Crippen molar-refractivity contribution >= 4 is 70.7 Å². The lowest BCUT2D eigenvalue weighted by Gasteiger charge is -2.13. The summed E-state index contributed by atoms with van der Waals surface area (Å²) >= 11 is 0. The minimum Gasteiger partial charge on any atom is -0.306 e. The normalized spacial score (nSPS) is 11.9. The lowest BCUT2D eigenvalue weighted by atomic mass is 9.93. The van der Waals surface area contributed by atoms with Gasteiger partial charge in [-0.05, 0) is 86.3 Å². The van der Waals surface area contributed by atoms with E-state index in [1.165, 1.54) is 27.1 Å². The highest BCUT2D eigenvalue weighted by Crippen LogP contribution is 2.39. The third-order valence-electron chi connectivity index (χ3n) is 11.5. The van der Waals surface area contributed by atoms with Crippen LogP contribution in [0.1, 0.15) is 0 Å². The quantitative estimate of drug-likeness (QED) is 0.170. The van der Waals surface area contributed by atoms with E-state index in [-0.39, 0.29) is 0 Å². The van der Waals surface area contributed by atoms with Crippen LogP contribution in [-0.4, -0.2) is 24.3 Å². The summed E-state index contributed by atoms with van der Waals surface area (Å²) in [6.07, 6.45) is 7.90. The Labute approximate surface area is 327 Å². The third kappa shape index (κ3) is 5.03. The molecule has 5 heteroatoms. The van der Waals surface area contributed by atoms with Gasteiger partial charge < -0.3 is 4.40 Å². The summed E-state index contributed by atoms with van der Waals surface area (Å²) in [5, 5.41) is 10.4. The fourth-order valence-electron chi connectivity index (χ4n) is 8.69. The van der Waals surface area contributed by atoms with E-state index in [4.69, 9.17) is 15.0 Å². The van der Waals surface area contributed by atoms with E-state index in [1.54, 1.807) is 0 Å². The van der Waals surface area contributed by atoms with Crippen molar-refractivity contribution in [2.75, 3.05) is 0 Å². The topological polar surface area (TPSA) is 56.0 Å². The number of benzene rings is 7. The molecule has 264 valence electrons. The van der Waals surface area contributed by atoms with Crippen molar-refractivity contribution in [2.45, 2.75) is 0 Å². The molecule has 0 aliphatic carbocycles. The Morgan fingerprint density at radius 3 is 2.05 bits per heavy atom. The van der Waals surface area contributed by atoms with E-state index in [0.29, 0.717) is 0 Å². The first-order valence-corrected chi connectivity index (χ1v) is 19.2. The molecule has 5 heterocycles. The number of rotatable bonds is 4. The zero-order valence-electron chi connectivity index (χ0n) is 30.6. The SMILES string of the molecule is c1ccc(-c2cn3ccc4c(-c5ccc(-c6ccc7ccc8cc(-c9cc%10cccnc%10c%10ncccc9%10)ccc8c7c6)cc5)nc5ccccc5c4c3n2)cc1. The minimum atomic E-state index is 0.928. The maximum absolute atomic E-state index is 5.24. The average Bonchev–Trinajstić information content (AvgIpc) is 3.73. The molecule has 0 aliphatic heterocycles. The molecule has 0 aliphatic rings. The minimum absolute atomic E-state index is 0.928. The van der Waals surface area contributed by atoms with Crippen LogP contribution in [0.4, 0.5) is 0 Å². The Morgan fingerprint density at radius 1 is 0.404 bits per heavy atom. The van der Waals surface area contributed by atoms with E-state index in [9.17, 15) is 0 Å². The van der Waals surface area contributed by atoms with E-state index >= 15 is 0 Å². The van der Waals surface area contributed by atoms with Gasteiger partial charge in [-0.25, -0.2) is 9.97 Å². The largest absolute Gasteiger partial charge is 0.306 e. The van der Waals surface area contributed by atoms with E-state index in [2.05, 4.69) is 167 Å². The Bertz CT molecular complexity index is 3570. The van der Waals surface area contributed by atoms with Gasteiger partial charge in [0.1, 0.15) is 5.65 Å². The van der Waals surface area contributed by atoms with Gasteiger partial charge in [-0.15, -0.1) is 0 Å². The van der Waals surface area contributed by atoms with Gasteiger partial charge in [0.05, 0.1) is 27.9 Å². The molecule has 12 aromatic rings. The molecule has 0 saturated heterocycles. The lowest BCUT2D eigenvalue weighted by molar-refractivity contribution is 1.20. The third-order valence-corrected chi connectivity index (χ3v) is 11.5. The van der Waals surface area contributed by atoms with Gasteiger partial charge in [0.2, 0.25) is 0 Å². The van der Waals surface area contributed by atoms with E-state index < -0.39 is 0 Å². The van der Waals surface area contributed by atoms with Crippen molar-refractivity contribution in [2.24, 2.45) is 0 Å². The second kappa shape index (κ2) is 12.4. The van der Waals surface area contributed by atoms with Gasteiger partial charge in [-0.1, -0.05) is 121 Å². The Kier molecular flexibility index (Phi) is 6.86. The number of para-hydroxylation sites is 1. The molecule has 0 spiro atoms. The summed E-state index contributed by atoms with van der Waals surface area (Å²) in [7, 11) is 0. The second-order valence-corrected chi connectivity index (χ2v) is 14.7. The molecule has 0 saturated carbocycles. The number of hydrogen-bond donors (Lipinski definition) is 0. The highest BCUT2D eigenvalue weighted by Gasteiger charge is 2.17. The van der Waals surface area contributed by atoms with Crippen LogP contribution in [0, 0.1) is 0 Å². The van der Waals surface area contributed by atoms with Crippen molar-refractivity contribution in [3.05, 3.63) is 189 Å². The number of fused-ring (bicyclic) bond motifs is 11. The van der Waals surface area contributed by atoms with Crippen LogP contribution in [0.2, 0.25) is 0 Å². The molecule has 0 bridgehead atoms. The van der Waals surface area contributed by atoms with Crippen LogP contribution >= 0.6 is 0 Å². The molecule has 7 aromatic carbocycles. The maximum Gasteiger partial charge on any atom is 0.146 e. The summed E-state index contributed by atoms with van der Waals surface area (Å²) in [6.45, 7) is 0. The number of pyridine rings is 4. The van der Waals surface area contributed by atoms with Gasteiger partial charge in [0.15, 0.2) is 0 Å². The van der Waals surface area contributed by atoms with Crippen molar-refractivity contribution in [3.63, 3.8) is 0 Å². The van der Waals surface area contributed by atoms with Gasteiger partial charge in [0.25, 0.3) is 0 Å². The monoisotopic (exact) mass is 725 g/mol. The van der Waals surface area contributed by atoms with Crippen molar-refractivity contribution in [1.29, 1.82) is 0 Å². The fraction of sp³-hybridized carbons (Fsp3) is 0. The smallest absolute Gasteiger partial charge is 0.146 e. The van der Waals surface area contributed by atoms with Crippen LogP contribution in [0.25, 0.3) is 115 Å². The molecule has 5 nitrogen and oxygen atoms in total. The molecule has 0 amide bonds. The molecular formula is C52H31N5. The van der Waals surface area contributed by atoms with Crippen molar-refractivity contribution in [1.82, 2.24) is 24.3 Å². The maximum atomic E-state index is 5.24. The number of aromatic nitrogens is 5. The summed E-state index contributed by atoms with van der Waals surface area (Å²) in [4.78, 5) is 19.8. The molecule has 0 fully saturated rings. The Hall–Kier alpha value is -7.76. The van der Waals surface area contributed by atoms with Crippen molar-refractivity contribution in [3.8, 4) is 44.8 Å². The second-order valence-electron chi connectivity index (χ2n) is 14.7. The van der Waals surface area contributed by atoms with Gasteiger partial charge in [-0.2, -0.15) is 0 Å². The van der Waals surface area contributed by atoms with Gasteiger partial charge in [-0.3, -0.25) is 9.97 Å². The number of hydrogen-bond acceptors (Lipinski definition) is 4. The number of imidazole rings is 1. The first-order valence-electron chi connectivity index (χ1n) is 19.2. The first kappa shape index (κ1) is 31.6.